The van der Waals surface area contributed by atoms with E-state index < -0.39 is 5.97 Å². The van der Waals surface area contributed by atoms with E-state index in [0.29, 0.717) is 26.2 Å². The number of fused-ring (bicyclic) bond motifs is 1. The van der Waals surface area contributed by atoms with E-state index in [2.05, 4.69) is 5.32 Å². The van der Waals surface area contributed by atoms with Crippen molar-refractivity contribution in [1.29, 1.82) is 0 Å². The Hall–Kier alpha value is -1.99. The van der Waals surface area contributed by atoms with Crippen LogP contribution in [0.25, 0.3) is 0 Å². The predicted molar refractivity (Wildman–Crippen MR) is 75.0 cm³/mol. The van der Waals surface area contributed by atoms with Crippen molar-refractivity contribution in [2.75, 3.05) is 32.7 Å². The van der Waals surface area contributed by atoms with Crippen LogP contribution in [-0.2, 0) is 4.79 Å². The van der Waals surface area contributed by atoms with E-state index in [4.69, 9.17) is 5.11 Å². The number of hydrogen-bond donors (Lipinski definition) is 2. The molecule has 0 aliphatic carbocycles. The molecule has 8 heteroatoms. The maximum Gasteiger partial charge on any atom is 0.320 e. The maximum atomic E-state index is 12.6. The largest absolute Gasteiger partial charge is 0.481 e. The third-order valence-corrected chi connectivity index (χ3v) is 3.94. The number of carbonyl (C=O) groups excluding carboxylic acids is 2. The van der Waals surface area contributed by atoms with Crippen molar-refractivity contribution in [3.05, 3.63) is 0 Å². The van der Waals surface area contributed by atoms with E-state index in [1.54, 1.807) is 14.7 Å². The van der Waals surface area contributed by atoms with Crippen LogP contribution in [0.3, 0.4) is 0 Å². The molecule has 2 aliphatic rings. The Morgan fingerprint density at radius 3 is 2.76 bits per heavy atom. The van der Waals surface area contributed by atoms with Crippen molar-refractivity contribution in [3.63, 3.8) is 0 Å². The van der Waals surface area contributed by atoms with Crippen LogP contribution in [0.1, 0.15) is 20.3 Å². The third kappa shape index (κ3) is 3.37. The van der Waals surface area contributed by atoms with Gasteiger partial charge in [0.05, 0.1) is 12.5 Å². The number of nitrogens with one attached hydrogen (secondary N) is 1. The van der Waals surface area contributed by atoms with Crippen LogP contribution in [0, 0.1) is 0 Å². The molecule has 2 heterocycles. The SMILES string of the molecule is CC(C)N(CCC(=O)O)C(=O)N1CCN2C(=O)NCC2C1. The minimum atomic E-state index is -0.913. The van der Waals surface area contributed by atoms with E-state index in [0.717, 1.165) is 0 Å². The molecule has 2 saturated heterocycles. The highest BCUT2D eigenvalue weighted by Crippen LogP contribution is 2.16. The number of amides is 4. The first-order valence-corrected chi connectivity index (χ1v) is 7.22. The molecule has 21 heavy (non-hydrogen) atoms. The number of carboxylic acids is 1. The zero-order valence-electron chi connectivity index (χ0n) is 12.4. The van der Waals surface area contributed by atoms with Crippen molar-refractivity contribution < 1.29 is 19.5 Å². The zero-order chi connectivity index (χ0) is 15.6. The summed E-state index contributed by atoms with van der Waals surface area (Å²) in [6.45, 7) is 6.00. The third-order valence-electron chi connectivity index (χ3n) is 3.94. The van der Waals surface area contributed by atoms with Gasteiger partial charge >= 0.3 is 18.0 Å². The molecule has 0 aromatic heterocycles. The Labute approximate surface area is 123 Å². The molecule has 0 aromatic rings. The number of urea groups is 2. The second-order valence-corrected chi connectivity index (χ2v) is 5.69. The molecule has 2 aliphatic heterocycles. The Kier molecular flexibility index (Phi) is 4.54. The van der Waals surface area contributed by atoms with E-state index in [1.807, 2.05) is 13.8 Å². The highest BCUT2D eigenvalue weighted by molar-refractivity contribution is 5.79. The fourth-order valence-corrected chi connectivity index (χ4v) is 2.75. The minimum absolute atomic E-state index is 0.0173. The summed E-state index contributed by atoms with van der Waals surface area (Å²) >= 11 is 0. The van der Waals surface area contributed by atoms with Gasteiger partial charge in [0.1, 0.15) is 0 Å². The van der Waals surface area contributed by atoms with Gasteiger partial charge in [-0.2, -0.15) is 0 Å². The maximum absolute atomic E-state index is 12.6. The summed E-state index contributed by atoms with van der Waals surface area (Å²) in [4.78, 5) is 39.8. The lowest BCUT2D eigenvalue weighted by Crippen LogP contribution is -2.57. The molecule has 0 bridgehead atoms. The Morgan fingerprint density at radius 1 is 1.43 bits per heavy atom. The summed E-state index contributed by atoms with van der Waals surface area (Å²) in [5, 5.41) is 11.6. The number of hydrogen-bond acceptors (Lipinski definition) is 3. The molecule has 2 N–H and O–H groups in total. The summed E-state index contributed by atoms with van der Waals surface area (Å²) in [5.41, 5.74) is 0. The minimum Gasteiger partial charge on any atom is -0.481 e. The van der Waals surface area contributed by atoms with Crippen molar-refractivity contribution >= 4 is 18.0 Å². The normalized spacial score (nSPS) is 21.3. The van der Waals surface area contributed by atoms with Gasteiger partial charge in [-0.25, -0.2) is 9.59 Å². The number of rotatable bonds is 4. The first kappa shape index (κ1) is 15.4. The van der Waals surface area contributed by atoms with E-state index in [9.17, 15) is 14.4 Å². The van der Waals surface area contributed by atoms with Gasteiger partial charge in [-0.15, -0.1) is 0 Å². The van der Waals surface area contributed by atoms with Crippen molar-refractivity contribution in [2.24, 2.45) is 0 Å². The van der Waals surface area contributed by atoms with E-state index in [-0.39, 0.29) is 37.1 Å². The van der Waals surface area contributed by atoms with Crippen molar-refractivity contribution in [3.8, 4) is 0 Å². The smallest absolute Gasteiger partial charge is 0.320 e. The quantitative estimate of drug-likeness (QED) is 0.764. The molecule has 1 atom stereocenters. The van der Waals surface area contributed by atoms with Crippen molar-refractivity contribution in [1.82, 2.24) is 20.0 Å². The van der Waals surface area contributed by atoms with Crippen LogP contribution in [0.4, 0.5) is 9.59 Å². The molecule has 0 radical (unpaired) electrons. The topological polar surface area (TPSA) is 93.2 Å². The monoisotopic (exact) mass is 298 g/mol. The number of carboxylic acid groups (broad SMARTS) is 1. The molecule has 0 saturated carbocycles. The van der Waals surface area contributed by atoms with Crippen LogP contribution in [0.15, 0.2) is 0 Å². The summed E-state index contributed by atoms with van der Waals surface area (Å²) in [6.07, 6.45) is -0.0621. The number of nitrogens with zero attached hydrogens (tertiary/aromatic N) is 3. The van der Waals surface area contributed by atoms with Crippen LogP contribution in [0.5, 0.6) is 0 Å². The summed E-state index contributed by atoms with van der Waals surface area (Å²) < 4.78 is 0. The van der Waals surface area contributed by atoms with Gasteiger partial charge in [-0.05, 0) is 13.8 Å². The number of piperazine rings is 1. The highest BCUT2D eigenvalue weighted by Gasteiger charge is 2.38. The van der Waals surface area contributed by atoms with Crippen LogP contribution in [0.2, 0.25) is 0 Å². The molecular formula is C13H22N4O4. The lowest BCUT2D eigenvalue weighted by Gasteiger charge is -2.40. The summed E-state index contributed by atoms with van der Waals surface area (Å²) in [6, 6.07) is -0.258. The lowest BCUT2D eigenvalue weighted by atomic mass is 10.2. The molecule has 2 fully saturated rings. The predicted octanol–water partition coefficient (Wildman–Crippen LogP) is 0.000900. The highest BCUT2D eigenvalue weighted by atomic mass is 16.4. The average molecular weight is 298 g/mol. The molecule has 118 valence electrons. The average Bonchev–Trinajstić information content (AvgIpc) is 2.79. The van der Waals surface area contributed by atoms with Crippen molar-refractivity contribution in [2.45, 2.75) is 32.4 Å². The van der Waals surface area contributed by atoms with Gasteiger partial charge < -0.3 is 25.1 Å². The van der Waals surface area contributed by atoms with Gasteiger partial charge in [0.25, 0.3) is 0 Å². The molecule has 0 spiro atoms. The molecule has 2 rings (SSSR count). The van der Waals surface area contributed by atoms with Crippen LogP contribution in [-0.4, -0.2) is 82.6 Å². The molecular weight excluding hydrogens is 276 g/mol. The fourth-order valence-electron chi connectivity index (χ4n) is 2.75. The van der Waals surface area contributed by atoms with Gasteiger partial charge in [0.2, 0.25) is 0 Å². The first-order valence-electron chi connectivity index (χ1n) is 7.22. The van der Waals surface area contributed by atoms with Crippen LogP contribution < -0.4 is 5.32 Å². The second-order valence-electron chi connectivity index (χ2n) is 5.69. The molecule has 0 aromatic carbocycles. The van der Waals surface area contributed by atoms with Gasteiger partial charge in [-0.1, -0.05) is 0 Å². The fraction of sp³-hybridized carbons (Fsp3) is 0.769. The summed E-state index contributed by atoms with van der Waals surface area (Å²) in [5.74, 6) is -0.913. The second kappa shape index (κ2) is 6.19. The number of aliphatic carboxylic acids is 1. The van der Waals surface area contributed by atoms with E-state index >= 15 is 0 Å². The standard InChI is InChI=1S/C13H22N4O4/c1-9(2)16(4-3-11(18)19)13(21)15-5-6-17-10(8-15)7-14-12(17)20/h9-10H,3-8H2,1-2H3,(H,14,20)(H,18,19). The van der Waals surface area contributed by atoms with Gasteiger partial charge in [0, 0.05) is 38.8 Å². The van der Waals surface area contributed by atoms with Crippen LogP contribution >= 0.6 is 0 Å². The van der Waals surface area contributed by atoms with E-state index in [1.165, 1.54) is 0 Å². The lowest BCUT2D eigenvalue weighted by molar-refractivity contribution is -0.137. The van der Waals surface area contributed by atoms with Gasteiger partial charge in [-0.3, -0.25) is 4.79 Å². The number of carbonyl (C=O) groups is 3. The molecule has 1 unspecified atom stereocenters. The first-order chi connectivity index (χ1) is 9.90. The van der Waals surface area contributed by atoms with Gasteiger partial charge in [0.15, 0.2) is 0 Å². The summed E-state index contributed by atoms with van der Waals surface area (Å²) in [7, 11) is 0. The zero-order valence-corrected chi connectivity index (χ0v) is 12.4. The Morgan fingerprint density at radius 2 is 2.14 bits per heavy atom. The Balaban J connectivity index is 1.97. The molecule has 8 nitrogen and oxygen atoms in total. The Bertz CT molecular complexity index is 440. The molecule has 4 amide bonds.